The van der Waals surface area contributed by atoms with E-state index in [1.165, 1.54) is 53.2 Å². The molecular formula is C17H19BrN2. The van der Waals surface area contributed by atoms with Crippen molar-refractivity contribution in [3.8, 4) is 6.07 Å². The molecule has 1 fully saturated rings. The van der Waals surface area contributed by atoms with Crippen LogP contribution in [-0.2, 0) is 6.54 Å². The van der Waals surface area contributed by atoms with Crippen LogP contribution in [0.15, 0.2) is 28.9 Å². The van der Waals surface area contributed by atoms with Crippen molar-refractivity contribution in [3.05, 3.63) is 34.4 Å². The Balaban J connectivity index is 2.10. The van der Waals surface area contributed by atoms with Crippen molar-refractivity contribution >= 4 is 26.8 Å². The molecule has 20 heavy (non-hydrogen) atoms. The zero-order valence-electron chi connectivity index (χ0n) is 11.6. The number of rotatable bonds is 3. The summed E-state index contributed by atoms with van der Waals surface area (Å²) in [4.78, 5) is 0. The van der Waals surface area contributed by atoms with Crippen LogP contribution >= 0.6 is 15.9 Å². The van der Waals surface area contributed by atoms with E-state index in [1.807, 2.05) is 0 Å². The number of benzene rings is 1. The summed E-state index contributed by atoms with van der Waals surface area (Å²) in [5.41, 5.74) is 2.73. The van der Waals surface area contributed by atoms with Crippen molar-refractivity contribution in [3.63, 3.8) is 0 Å². The Kier molecular flexibility index (Phi) is 4.12. The lowest BCUT2D eigenvalue weighted by atomic mass is 9.84. The number of hydrogen-bond donors (Lipinski definition) is 0. The van der Waals surface area contributed by atoms with Gasteiger partial charge < -0.3 is 4.57 Å². The predicted molar refractivity (Wildman–Crippen MR) is 85.7 cm³/mol. The van der Waals surface area contributed by atoms with Crippen LogP contribution in [0.25, 0.3) is 10.9 Å². The van der Waals surface area contributed by atoms with Gasteiger partial charge in [-0.05, 0) is 46.3 Å². The van der Waals surface area contributed by atoms with Crippen LogP contribution < -0.4 is 0 Å². The number of fused-ring (bicyclic) bond motifs is 1. The minimum absolute atomic E-state index is 0.557. The van der Waals surface area contributed by atoms with E-state index >= 15 is 0 Å². The molecule has 0 N–H and O–H groups in total. The van der Waals surface area contributed by atoms with Crippen LogP contribution in [0.4, 0.5) is 0 Å². The highest BCUT2D eigenvalue weighted by Gasteiger charge is 2.23. The lowest BCUT2D eigenvalue weighted by Crippen LogP contribution is -2.05. The second kappa shape index (κ2) is 6.01. The van der Waals surface area contributed by atoms with E-state index in [9.17, 15) is 0 Å². The fraction of sp³-hybridized carbons (Fsp3) is 0.471. The van der Waals surface area contributed by atoms with E-state index in [0.717, 1.165) is 6.54 Å². The molecule has 104 valence electrons. The van der Waals surface area contributed by atoms with E-state index in [-0.39, 0.29) is 0 Å². The summed E-state index contributed by atoms with van der Waals surface area (Å²) in [7, 11) is 0. The van der Waals surface area contributed by atoms with Gasteiger partial charge in [0.25, 0.3) is 0 Å². The molecule has 0 spiro atoms. The molecular weight excluding hydrogens is 312 g/mol. The average Bonchev–Trinajstić information content (AvgIpc) is 2.78. The SMILES string of the molecule is N#CCCn1c(Br)c(C2CCCCC2)c2ccccc21. The third-order valence-corrected chi connectivity index (χ3v) is 5.26. The van der Waals surface area contributed by atoms with Crippen molar-refractivity contribution in [2.45, 2.75) is 51.0 Å². The zero-order valence-corrected chi connectivity index (χ0v) is 13.2. The molecule has 1 aromatic carbocycles. The Morgan fingerprint density at radius 1 is 1.20 bits per heavy atom. The van der Waals surface area contributed by atoms with Gasteiger partial charge in [-0.1, -0.05) is 37.5 Å². The third-order valence-electron chi connectivity index (χ3n) is 4.40. The quantitative estimate of drug-likeness (QED) is 0.744. The van der Waals surface area contributed by atoms with Crippen molar-refractivity contribution in [2.24, 2.45) is 0 Å². The minimum Gasteiger partial charge on any atom is -0.334 e. The fourth-order valence-electron chi connectivity index (χ4n) is 3.46. The number of nitrogens with zero attached hydrogens (tertiary/aromatic N) is 2. The highest BCUT2D eigenvalue weighted by molar-refractivity contribution is 9.10. The molecule has 3 rings (SSSR count). The molecule has 2 aromatic rings. The summed E-state index contributed by atoms with van der Waals surface area (Å²) >= 11 is 3.81. The summed E-state index contributed by atoms with van der Waals surface area (Å²) in [6, 6.07) is 10.9. The molecule has 0 saturated heterocycles. The molecule has 0 bridgehead atoms. The summed E-state index contributed by atoms with van der Waals surface area (Å²) < 4.78 is 3.46. The maximum atomic E-state index is 8.87. The average molecular weight is 331 g/mol. The van der Waals surface area contributed by atoms with Crippen LogP contribution in [0.1, 0.15) is 50.0 Å². The first-order valence-electron chi connectivity index (χ1n) is 7.46. The van der Waals surface area contributed by atoms with E-state index < -0.39 is 0 Å². The maximum Gasteiger partial charge on any atom is 0.0893 e. The lowest BCUT2D eigenvalue weighted by Gasteiger charge is -2.22. The van der Waals surface area contributed by atoms with Gasteiger partial charge >= 0.3 is 0 Å². The summed E-state index contributed by atoms with van der Waals surface area (Å²) in [6.45, 7) is 0.768. The van der Waals surface area contributed by atoms with Gasteiger partial charge in [0.05, 0.1) is 17.1 Å². The number of hydrogen-bond acceptors (Lipinski definition) is 1. The molecule has 0 radical (unpaired) electrons. The highest BCUT2D eigenvalue weighted by atomic mass is 79.9. The first-order chi connectivity index (χ1) is 9.83. The molecule has 1 aliphatic carbocycles. The Labute approximate surface area is 128 Å². The fourth-order valence-corrected chi connectivity index (χ4v) is 4.36. The standard InChI is InChI=1S/C17H19BrN2/c18-17-16(13-7-2-1-3-8-13)14-9-4-5-10-15(14)20(17)12-6-11-19/h4-5,9-10,13H,1-3,6-8,12H2. The third kappa shape index (κ3) is 2.38. The minimum atomic E-state index is 0.557. The lowest BCUT2D eigenvalue weighted by molar-refractivity contribution is 0.443. The summed E-state index contributed by atoms with van der Waals surface area (Å²) in [5.74, 6) is 0.673. The Bertz CT molecular complexity index is 645. The van der Waals surface area contributed by atoms with Crippen molar-refractivity contribution < 1.29 is 0 Å². The molecule has 0 amide bonds. The van der Waals surface area contributed by atoms with E-state index in [1.54, 1.807) is 0 Å². The highest BCUT2D eigenvalue weighted by Crippen LogP contribution is 2.42. The van der Waals surface area contributed by atoms with Gasteiger partial charge in [0.2, 0.25) is 0 Å². The first kappa shape index (κ1) is 13.7. The Hall–Kier alpha value is -1.27. The number of para-hydroxylation sites is 1. The van der Waals surface area contributed by atoms with Crippen LogP contribution in [0.3, 0.4) is 0 Å². The largest absolute Gasteiger partial charge is 0.334 e. The van der Waals surface area contributed by atoms with Crippen LogP contribution in [0.5, 0.6) is 0 Å². The zero-order chi connectivity index (χ0) is 13.9. The number of halogens is 1. The molecule has 0 aliphatic heterocycles. The predicted octanol–water partition coefficient (Wildman–Crippen LogP) is 5.37. The molecule has 1 aromatic heterocycles. The van der Waals surface area contributed by atoms with Crippen molar-refractivity contribution in [2.75, 3.05) is 0 Å². The van der Waals surface area contributed by atoms with Crippen LogP contribution in [0.2, 0.25) is 0 Å². The van der Waals surface area contributed by atoms with Gasteiger partial charge in [-0.15, -0.1) is 0 Å². The monoisotopic (exact) mass is 330 g/mol. The molecule has 2 nitrogen and oxygen atoms in total. The summed E-state index contributed by atoms with van der Waals surface area (Å²) in [5, 5.41) is 10.2. The Morgan fingerprint density at radius 3 is 2.70 bits per heavy atom. The molecule has 1 aliphatic rings. The van der Waals surface area contributed by atoms with Gasteiger partial charge in [0.15, 0.2) is 0 Å². The van der Waals surface area contributed by atoms with Crippen LogP contribution in [0, 0.1) is 11.3 Å². The second-order valence-electron chi connectivity index (χ2n) is 5.62. The molecule has 1 saturated carbocycles. The number of aryl methyl sites for hydroxylation is 1. The molecule has 1 heterocycles. The van der Waals surface area contributed by atoms with Crippen LogP contribution in [-0.4, -0.2) is 4.57 Å². The summed E-state index contributed by atoms with van der Waals surface area (Å²) in [6.07, 6.45) is 7.21. The van der Waals surface area contributed by atoms with Gasteiger partial charge in [-0.2, -0.15) is 5.26 Å². The van der Waals surface area contributed by atoms with Gasteiger partial charge in [-0.25, -0.2) is 0 Å². The van der Waals surface area contributed by atoms with E-state index in [0.29, 0.717) is 12.3 Å². The molecule has 0 atom stereocenters. The van der Waals surface area contributed by atoms with Gasteiger partial charge in [0, 0.05) is 17.4 Å². The topological polar surface area (TPSA) is 28.7 Å². The Morgan fingerprint density at radius 2 is 1.95 bits per heavy atom. The van der Waals surface area contributed by atoms with E-state index in [4.69, 9.17) is 5.26 Å². The smallest absolute Gasteiger partial charge is 0.0893 e. The molecule has 3 heteroatoms. The maximum absolute atomic E-state index is 8.87. The first-order valence-corrected chi connectivity index (χ1v) is 8.26. The number of nitriles is 1. The van der Waals surface area contributed by atoms with Gasteiger partial charge in [-0.3, -0.25) is 0 Å². The molecule has 0 unspecified atom stereocenters. The number of aromatic nitrogens is 1. The van der Waals surface area contributed by atoms with E-state index in [2.05, 4.69) is 50.8 Å². The van der Waals surface area contributed by atoms with Gasteiger partial charge in [0.1, 0.15) is 0 Å². The normalized spacial score (nSPS) is 16.4. The van der Waals surface area contributed by atoms with Crippen molar-refractivity contribution in [1.29, 1.82) is 5.26 Å². The van der Waals surface area contributed by atoms with Crippen molar-refractivity contribution in [1.82, 2.24) is 4.57 Å². The second-order valence-corrected chi connectivity index (χ2v) is 6.37.